The molecule has 1 aliphatic rings. The van der Waals surface area contributed by atoms with E-state index in [1.807, 2.05) is 31.2 Å². The van der Waals surface area contributed by atoms with Crippen LogP contribution < -0.4 is 0 Å². The highest BCUT2D eigenvalue weighted by Crippen LogP contribution is 2.38. The van der Waals surface area contributed by atoms with E-state index in [0.717, 1.165) is 12.0 Å². The summed E-state index contributed by atoms with van der Waals surface area (Å²) in [5, 5.41) is 19.4. The highest BCUT2D eigenvalue weighted by Gasteiger charge is 2.36. The standard InChI is InChI=1S/C14H18O3/c1-2-10(14(16)17)13-11-6-4-3-5-9(11)7-8-12(13)15/h3-6,10,12-13,15H,2,7-8H2,1H3,(H,16,17). The zero-order valence-corrected chi connectivity index (χ0v) is 9.97. The van der Waals surface area contributed by atoms with Crippen LogP contribution in [0.3, 0.4) is 0 Å². The van der Waals surface area contributed by atoms with Crippen LogP contribution in [0, 0.1) is 5.92 Å². The van der Waals surface area contributed by atoms with E-state index in [9.17, 15) is 15.0 Å². The Hall–Kier alpha value is -1.35. The van der Waals surface area contributed by atoms with Gasteiger partial charge in [0.05, 0.1) is 12.0 Å². The van der Waals surface area contributed by atoms with E-state index in [0.29, 0.717) is 12.8 Å². The molecule has 2 N–H and O–H groups in total. The van der Waals surface area contributed by atoms with E-state index in [4.69, 9.17) is 0 Å². The van der Waals surface area contributed by atoms with Gasteiger partial charge in [-0.1, -0.05) is 31.2 Å². The van der Waals surface area contributed by atoms with Gasteiger partial charge in [0.1, 0.15) is 0 Å². The minimum absolute atomic E-state index is 0.262. The molecule has 17 heavy (non-hydrogen) atoms. The largest absolute Gasteiger partial charge is 0.481 e. The number of aryl methyl sites for hydroxylation is 1. The van der Waals surface area contributed by atoms with Crippen LogP contribution in [0.5, 0.6) is 0 Å². The number of carbonyl (C=O) groups is 1. The Bertz CT molecular complexity index is 414. The average Bonchev–Trinajstić information content (AvgIpc) is 2.32. The molecule has 3 atom stereocenters. The Morgan fingerprint density at radius 2 is 2.18 bits per heavy atom. The normalized spacial score (nSPS) is 25.1. The molecule has 0 aliphatic heterocycles. The molecule has 92 valence electrons. The lowest BCUT2D eigenvalue weighted by Crippen LogP contribution is -2.34. The number of aliphatic carboxylic acids is 1. The third kappa shape index (κ3) is 2.20. The van der Waals surface area contributed by atoms with Crippen LogP contribution in [0.4, 0.5) is 0 Å². The predicted molar refractivity (Wildman–Crippen MR) is 64.9 cm³/mol. The maximum atomic E-state index is 11.3. The molecule has 3 heteroatoms. The van der Waals surface area contributed by atoms with Crippen molar-refractivity contribution in [3.8, 4) is 0 Å². The van der Waals surface area contributed by atoms with E-state index in [2.05, 4.69) is 0 Å². The van der Waals surface area contributed by atoms with Crippen LogP contribution in [0.25, 0.3) is 0 Å². The van der Waals surface area contributed by atoms with Gasteiger partial charge in [0.2, 0.25) is 0 Å². The van der Waals surface area contributed by atoms with Crippen LogP contribution in [-0.4, -0.2) is 22.3 Å². The SMILES string of the molecule is CCC(C(=O)O)C1c2ccccc2CCC1O. The molecule has 0 spiro atoms. The van der Waals surface area contributed by atoms with Gasteiger partial charge in [-0.2, -0.15) is 0 Å². The Kier molecular flexibility index (Phi) is 3.48. The summed E-state index contributed by atoms with van der Waals surface area (Å²) >= 11 is 0. The second-order valence-electron chi connectivity index (χ2n) is 4.68. The molecule has 0 heterocycles. The van der Waals surface area contributed by atoms with Gasteiger partial charge in [-0.3, -0.25) is 4.79 Å². The van der Waals surface area contributed by atoms with Crippen LogP contribution in [0.2, 0.25) is 0 Å². The molecule has 0 bridgehead atoms. The smallest absolute Gasteiger partial charge is 0.307 e. The topological polar surface area (TPSA) is 57.5 Å². The van der Waals surface area contributed by atoms with Gasteiger partial charge in [0.15, 0.2) is 0 Å². The first-order valence-electron chi connectivity index (χ1n) is 6.13. The van der Waals surface area contributed by atoms with E-state index in [1.165, 1.54) is 5.56 Å². The fraction of sp³-hybridized carbons (Fsp3) is 0.500. The number of aliphatic hydroxyl groups excluding tert-OH is 1. The maximum absolute atomic E-state index is 11.3. The van der Waals surface area contributed by atoms with Crippen LogP contribution in [-0.2, 0) is 11.2 Å². The summed E-state index contributed by atoms with van der Waals surface area (Å²) in [7, 11) is 0. The van der Waals surface area contributed by atoms with Crippen molar-refractivity contribution in [2.75, 3.05) is 0 Å². The fourth-order valence-electron chi connectivity index (χ4n) is 2.84. The first-order valence-corrected chi connectivity index (χ1v) is 6.13. The lowest BCUT2D eigenvalue weighted by molar-refractivity contribution is -0.144. The zero-order chi connectivity index (χ0) is 12.4. The van der Waals surface area contributed by atoms with Gasteiger partial charge >= 0.3 is 5.97 Å². The number of rotatable bonds is 3. The first kappa shape index (κ1) is 12.1. The highest BCUT2D eigenvalue weighted by molar-refractivity contribution is 5.71. The van der Waals surface area contributed by atoms with Crippen LogP contribution >= 0.6 is 0 Å². The van der Waals surface area contributed by atoms with Crippen molar-refractivity contribution in [3.63, 3.8) is 0 Å². The minimum atomic E-state index is -0.812. The fourth-order valence-corrected chi connectivity index (χ4v) is 2.84. The number of hydrogen-bond donors (Lipinski definition) is 2. The first-order chi connectivity index (χ1) is 8.15. The molecule has 1 aromatic carbocycles. The molecule has 0 fully saturated rings. The number of hydrogen-bond acceptors (Lipinski definition) is 2. The highest BCUT2D eigenvalue weighted by atomic mass is 16.4. The number of carboxylic acids is 1. The molecule has 0 aromatic heterocycles. The van der Waals surface area contributed by atoms with Gasteiger partial charge < -0.3 is 10.2 Å². The van der Waals surface area contributed by atoms with Gasteiger partial charge in [0, 0.05) is 5.92 Å². The van der Waals surface area contributed by atoms with E-state index >= 15 is 0 Å². The molecule has 1 aliphatic carbocycles. The molecular formula is C14H18O3. The summed E-state index contributed by atoms with van der Waals surface area (Å²) in [6.45, 7) is 1.86. The lowest BCUT2D eigenvalue weighted by Gasteiger charge is -2.33. The second kappa shape index (κ2) is 4.88. The summed E-state index contributed by atoms with van der Waals surface area (Å²) in [6, 6.07) is 7.87. The van der Waals surface area contributed by atoms with Crippen molar-refractivity contribution < 1.29 is 15.0 Å². The van der Waals surface area contributed by atoms with Crippen molar-refractivity contribution in [1.82, 2.24) is 0 Å². The Morgan fingerprint density at radius 3 is 2.82 bits per heavy atom. The molecule has 0 saturated heterocycles. The summed E-state index contributed by atoms with van der Waals surface area (Å²) in [4.78, 5) is 11.3. The van der Waals surface area contributed by atoms with Crippen molar-refractivity contribution in [2.24, 2.45) is 5.92 Å². The van der Waals surface area contributed by atoms with Crippen molar-refractivity contribution in [2.45, 2.75) is 38.2 Å². The minimum Gasteiger partial charge on any atom is -0.481 e. The number of aliphatic hydroxyl groups is 1. The number of benzene rings is 1. The zero-order valence-electron chi connectivity index (χ0n) is 9.97. The van der Waals surface area contributed by atoms with Crippen LogP contribution in [0.1, 0.15) is 36.8 Å². The monoisotopic (exact) mass is 234 g/mol. The van der Waals surface area contributed by atoms with Gasteiger partial charge in [-0.25, -0.2) is 0 Å². The molecule has 0 saturated carbocycles. The number of carboxylic acid groups (broad SMARTS) is 1. The molecular weight excluding hydrogens is 216 g/mol. The van der Waals surface area contributed by atoms with E-state index in [1.54, 1.807) is 0 Å². The predicted octanol–water partition coefficient (Wildman–Crippen LogP) is 2.19. The maximum Gasteiger partial charge on any atom is 0.307 e. The summed E-state index contributed by atoms with van der Waals surface area (Å²) in [5.41, 5.74) is 2.20. The molecule has 1 aromatic rings. The Morgan fingerprint density at radius 1 is 1.47 bits per heavy atom. The van der Waals surface area contributed by atoms with Gasteiger partial charge in [-0.15, -0.1) is 0 Å². The molecule has 2 rings (SSSR count). The Labute approximate surface area is 101 Å². The van der Waals surface area contributed by atoms with Crippen molar-refractivity contribution >= 4 is 5.97 Å². The number of fused-ring (bicyclic) bond motifs is 1. The van der Waals surface area contributed by atoms with Crippen molar-refractivity contribution in [1.29, 1.82) is 0 Å². The van der Waals surface area contributed by atoms with Gasteiger partial charge in [-0.05, 0) is 30.4 Å². The summed E-state index contributed by atoms with van der Waals surface area (Å²) in [5.74, 6) is -1.57. The molecule has 3 nitrogen and oxygen atoms in total. The quantitative estimate of drug-likeness (QED) is 0.842. The molecule has 0 amide bonds. The summed E-state index contributed by atoms with van der Waals surface area (Å²) in [6.07, 6.45) is 1.51. The molecule has 3 unspecified atom stereocenters. The second-order valence-corrected chi connectivity index (χ2v) is 4.68. The lowest BCUT2D eigenvalue weighted by atomic mass is 9.73. The summed E-state index contributed by atoms with van der Waals surface area (Å²) < 4.78 is 0. The van der Waals surface area contributed by atoms with E-state index in [-0.39, 0.29) is 5.92 Å². The van der Waals surface area contributed by atoms with Gasteiger partial charge in [0.25, 0.3) is 0 Å². The van der Waals surface area contributed by atoms with Crippen LogP contribution in [0.15, 0.2) is 24.3 Å². The molecule has 0 radical (unpaired) electrons. The van der Waals surface area contributed by atoms with E-state index < -0.39 is 18.0 Å². The average molecular weight is 234 g/mol. The third-order valence-electron chi connectivity index (χ3n) is 3.73. The third-order valence-corrected chi connectivity index (χ3v) is 3.73. The van der Waals surface area contributed by atoms with Crippen molar-refractivity contribution in [3.05, 3.63) is 35.4 Å². The Balaban J connectivity index is 2.41.